The number of nitro groups is 1. The Hall–Kier alpha value is -3.36. The molecule has 3 heterocycles. The Kier molecular flexibility index (Phi) is 3.91. The Labute approximate surface area is 131 Å². The number of rotatable bonds is 5. The molecule has 0 saturated carbocycles. The summed E-state index contributed by atoms with van der Waals surface area (Å²) in [7, 11) is 0. The minimum atomic E-state index is -0.514. The Morgan fingerprint density at radius 3 is 2.91 bits per heavy atom. The van der Waals surface area contributed by atoms with Gasteiger partial charge in [0.15, 0.2) is 0 Å². The predicted molar refractivity (Wildman–Crippen MR) is 82.1 cm³/mol. The summed E-state index contributed by atoms with van der Waals surface area (Å²) >= 11 is 0. The third-order valence-electron chi connectivity index (χ3n) is 3.00. The van der Waals surface area contributed by atoms with Gasteiger partial charge < -0.3 is 5.32 Å². The number of aryl methyl sites for hydroxylation is 1. The van der Waals surface area contributed by atoms with E-state index < -0.39 is 4.92 Å². The highest BCUT2D eigenvalue weighted by Gasteiger charge is 2.12. The molecule has 0 aliphatic rings. The number of anilines is 1. The van der Waals surface area contributed by atoms with Gasteiger partial charge in [-0.15, -0.1) is 0 Å². The lowest BCUT2D eigenvalue weighted by molar-refractivity contribution is -0.384. The number of nitrogens with zero attached hydrogens (tertiary/aromatic N) is 6. The van der Waals surface area contributed by atoms with E-state index in [1.807, 2.05) is 25.1 Å². The molecule has 0 aromatic carbocycles. The molecule has 0 radical (unpaired) electrons. The highest BCUT2D eigenvalue weighted by atomic mass is 16.6. The minimum Gasteiger partial charge on any atom is -0.364 e. The largest absolute Gasteiger partial charge is 0.364 e. The van der Waals surface area contributed by atoms with Gasteiger partial charge in [-0.25, -0.2) is 4.98 Å². The van der Waals surface area contributed by atoms with Crippen LogP contribution < -0.4 is 5.32 Å². The fraction of sp³-hybridized carbons (Fsp3) is 0.143. The SMILES string of the molecule is Cc1cc(NCc2ccccn2)nc(-n2cc([N+](=O)[O-])cn2)n1. The topological polar surface area (TPSA) is 112 Å². The summed E-state index contributed by atoms with van der Waals surface area (Å²) in [6.07, 6.45) is 4.15. The molecule has 0 bridgehead atoms. The zero-order valence-corrected chi connectivity index (χ0v) is 12.2. The molecule has 0 amide bonds. The molecule has 0 fully saturated rings. The van der Waals surface area contributed by atoms with Gasteiger partial charge in [0.25, 0.3) is 5.95 Å². The van der Waals surface area contributed by atoms with Crippen LogP contribution in [0.2, 0.25) is 0 Å². The van der Waals surface area contributed by atoms with Crippen LogP contribution in [-0.2, 0) is 6.54 Å². The van der Waals surface area contributed by atoms with Crippen molar-refractivity contribution in [2.75, 3.05) is 5.32 Å². The molecule has 0 atom stereocenters. The van der Waals surface area contributed by atoms with Gasteiger partial charge in [-0.3, -0.25) is 15.1 Å². The molecule has 3 rings (SSSR count). The average Bonchev–Trinajstić information content (AvgIpc) is 3.04. The Bertz CT molecular complexity index is 832. The zero-order chi connectivity index (χ0) is 16.2. The summed E-state index contributed by atoms with van der Waals surface area (Å²) in [5.41, 5.74) is 1.48. The molecule has 3 aromatic heterocycles. The highest BCUT2D eigenvalue weighted by molar-refractivity contribution is 5.39. The molecule has 9 heteroatoms. The average molecular weight is 311 g/mol. The molecule has 3 aromatic rings. The van der Waals surface area contributed by atoms with Crippen LogP contribution in [0.15, 0.2) is 42.9 Å². The van der Waals surface area contributed by atoms with Gasteiger partial charge >= 0.3 is 5.69 Å². The van der Waals surface area contributed by atoms with Gasteiger partial charge in [0.2, 0.25) is 0 Å². The van der Waals surface area contributed by atoms with Gasteiger partial charge in [-0.2, -0.15) is 14.8 Å². The number of hydrogen-bond donors (Lipinski definition) is 1. The molecule has 0 unspecified atom stereocenters. The molecule has 116 valence electrons. The molecule has 23 heavy (non-hydrogen) atoms. The van der Waals surface area contributed by atoms with Crippen molar-refractivity contribution in [3.63, 3.8) is 0 Å². The third-order valence-corrected chi connectivity index (χ3v) is 3.00. The normalized spacial score (nSPS) is 10.5. The molecule has 0 spiro atoms. The van der Waals surface area contributed by atoms with Crippen LogP contribution in [0.25, 0.3) is 5.95 Å². The molecular weight excluding hydrogens is 298 g/mol. The van der Waals surface area contributed by atoms with Crippen LogP contribution in [0.3, 0.4) is 0 Å². The molecular formula is C14H13N7O2. The Balaban J connectivity index is 1.82. The third kappa shape index (κ3) is 3.46. The van der Waals surface area contributed by atoms with Crippen molar-refractivity contribution in [3.8, 4) is 5.95 Å². The van der Waals surface area contributed by atoms with E-state index in [2.05, 4.69) is 25.4 Å². The molecule has 1 N–H and O–H groups in total. The molecule has 0 aliphatic heterocycles. The summed E-state index contributed by atoms with van der Waals surface area (Å²) in [6, 6.07) is 7.44. The van der Waals surface area contributed by atoms with Gasteiger partial charge in [-0.05, 0) is 19.1 Å². The second-order valence-electron chi connectivity index (χ2n) is 4.77. The van der Waals surface area contributed by atoms with Crippen molar-refractivity contribution >= 4 is 11.5 Å². The van der Waals surface area contributed by atoms with E-state index in [1.54, 1.807) is 12.3 Å². The fourth-order valence-electron chi connectivity index (χ4n) is 1.95. The van der Waals surface area contributed by atoms with Gasteiger partial charge in [0.05, 0.1) is 17.2 Å². The van der Waals surface area contributed by atoms with Crippen molar-refractivity contribution in [3.05, 3.63) is 64.4 Å². The van der Waals surface area contributed by atoms with Crippen LogP contribution in [-0.4, -0.2) is 29.7 Å². The smallest absolute Gasteiger partial charge is 0.307 e. The number of pyridine rings is 1. The number of hydrogen-bond acceptors (Lipinski definition) is 7. The maximum Gasteiger partial charge on any atom is 0.307 e. The van der Waals surface area contributed by atoms with Crippen molar-refractivity contribution < 1.29 is 4.92 Å². The van der Waals surface area contributed by atoms with Crippen LogP contribution in [0.4, 0.5) is 11.5 Å². The fourth-order valence-corrected chi connectivity index (χ4v) is 1.95. The van der Waals surface area contributed by atoms with E-state index in [0.717, 1.165) is 17.6 Å². The first-order valence-corrected chi connectivity index (χ1v) is 6.81. The first-order valence-electron chi connectivity index (χ1n) is 6.81. The predicted octanol–water partition coefficient (Wildman–Crippen LogP) is 1.89. The lowest BCUT2D eigenvalue weighted by Gasteiger charge is -2.08. The Morgan fingerprint density at radius 2 is 2.22 bits per heavy atom. The van der Waals surface area contributed by atoms with E-state index in [1.165, 1.54) is 10.9 Å². The van der Waals surface area contributed by atoms with Crippen molar-refractivity contribution in [2.24, 2.45) is 0 Å². The lowest BCUT2D eigenvalue weighted by atomic mass is 10.3. The first kappa shape index (κ1) is 14.6. The van der Waals surface area contributed by atoms with E-state index in [0.29, 0.717) is 12.4 Å². The van der Waals surface area contributed by atoms with E-state index in [9.17, 15) is 10.1 Å². The molecule has 0 saturated heterocycles. The second-order valence-corrected chi connectivity index (χ2v) is 4.77. The van der Waals surface area contributed by atoms with Crippen LogP contribution >= 0.6 is 0 Å². The van der Waals surface area contributed by atoms with Crippen molar-refractivity contribution in [2.45, 2.75) is 13.5 Å². The Morgan fingerprint density at radius 1 is 1.35 bits per heavy atom. The van der Waals surface area contributed by atoms with Crippen molar-refractivity contribution in [1.29, 1.82) is 0 Å². The van der Waals surface area contributed by atoms with Gasteiger partial charge in [-0.1, -0.05) is 6.07 Å². The highest BCUT2D eigenvalue weighted by Crippen LogP contribution is 2.14. The van der Waals surface area contributed by atoms with Crippen LogP contribution in [0.5, 0.6) is 0 Å². The quantitative estimate of drug-likeness (QED) is 0.565. The molecule has 0 aliphatic carbocycles. The van der Waals surface area contributed by atoms with Gasteiger partial charge in [0.1, 0.15) is 18.2 Å². The second kappa shape index (κ2) is 6.18. The summed E-state index contributed by atoms with van der Waals surface area (Å²) in [4.78, 5) is 23.0. The summed E-state index contributed by atoms with van der Waals surface area (Å²) in [5.74, 6) is 0.859. The van der Waals surface area contributed by atoms with Crippen molar-refractivity contribution in [1.82, 2.24) is 24.7 Å². The van der Waals surface area contributed by atoms with E-state index in [4.69, 9.17) is 0 Å². The minimum absolute atomic E-state index is 0.113. The maximum absolute atomic E-state index is 10.7. The van der Waals surface area contributed by atoms with Crippen LogP contribution in [0, 0.1) is 17.0 Å². The summed E-state index contributed by atoms with van der Waals surface area (Å²) in [6.45, 7) is 2.32. The molecule has 9 nitrogen and oxygen atoms in total. The van der Waals surface area contributed by atoms with Gasteiger partial charge in [0, 0.05) is 18.0 Å². The summed E-state index contributed by atoms with van der Waals surface area (Å²) < 4.78 is 1.27. The maximum atomic E-state index is 10.7. The first-order chi connectivity index (χ1) is 11.1. The monoisotopic (exact) mass is 311 g/mol. The number of aromatic nitrogens is 5. The van der Waals surface area contributed by atoms with E-state index >= 15 is 0 Å². The standard InChI is InChI=1S/C14H13N7O2/c1-10-6-13(16-7-11-4-2-3-5-15-11)19-14(18-10)20-9-12(8-17-20)21(22)23/h2-6,8-9H,7H2,1H3,(H,16,18,19). The zero-order valence-electron chi connectivity index (χ0n) is 12.2. The number of nitrogens with one attached hydrogen (secondary N) is 1. The summed E-state index contributed by atoms with van der Waals surface area (Å²) in [5, 5.41) is 17.8. The van der Waals surface area contributed by atoms with E-state index in [-0.39, 0.29) is 11.6 Å². The lowest BCUT2D eigenvalue weighted by Crippen LogP contribution is -2.08. The van der Waals surface area contributed by atoms with Crippen LogP contribution in [0.1, 0.15) is 11.4 Å².